The summed E-state index contributed by atoms with van der Waals surface area (Å²) in [6, 6.07) is 5.72. The normalized spacial score (nSPS) is 15.3. The monoisotopic (exact) mass is 694 g/mol. The third kappa shape index (κ3) is 8.81. The Labute approximate surface area is 281 Å². The molecule has 1 amide bonds. The fourth-order valence-corrected chi connectivity index (χ4v) is 5.80. The molecule has 0 radical (unpaired) electrons. The number of carbonyl (C=O) groups is 1. The molecule has 2 N–H and O–H groups in total. The number of methoxy groups -OCH3 is 3. The minimum absolute atomic E-state index is 0.0520. The third-order valence-corrected chi connectivity index (χ3v) is 7.95. The number of amides is 1. The molecule has 0 aliphatic carbocycles. The van der Waals surface area contributed by atoms with Gasteiger partial charge in [0.2, 0.25) is 11.7 Å². The highest BCUT2D eigenvalue weighted by Gasteiger charge is 2.39. The molecule has 3 heterocycles. The van der Waals surface area contributed by atoms with Crippen molar-refractivity contribution in [3.8, 4) is 23.0 Å². The van der Waals surface area contributed by atoms with Crippen LogP contribution in [0.5, 0.6) is 23.0 Å². The van der Waals surface area contributed by atoms with Crippen molar-refractivity contribution < 1.29 is 49.0 Å². The van der Waals surface area contributed by atoms with Crippen LogP contribution in [-0.4, -0.2) is 65.7 Å². The minimum Gasteiger partial charge on any atom is -0.493 e. The highest BCUT2D eigenvalue weighted by molar-refractivity contribution is 7.48. The predicted molar refractivity (Wildman–Crippen MR) is 176 cm³/mol. The van der Waals surface area contributed by atoms with Gasteiger partial charge in [-0.3, -0.25) is 23.3 Å². The van der Waals surface area contributed by atoms with Crippen molar-refractivity contribution in [1.82, 2.24) is 15.0 Å². The summed E-state index contributed by atoms with van der Waals surface area (Å²) in [6.07, 6.45) is 0.786. The number of hydrogen-bond donors (Lipinski definition) is 2. The molecular formula is C31H42FN6O9P. The van der Waals surface area contributed by atoms with Gasteiger partial charge in [-0.05, 0) is 67.5 Å². The highest BCUT2D eigenvalue weighted by atomic mass is 31.2. The summed E-state index contributed by atoms with van der Waals surface area (Å²) >= 11 is 0. The highest BCUT2D eigenvalue weighted by Crippen LogP contribution is 2.56. The average molecular weight is 695 g/mol. The summed E-state index contributed by atoms with van der Waals surface area (Å²) in [7, 11) is -0.638. The molecule has 3 aromatic rings. The van der Waals surface area contributed by atoms with Gasteiger partial charge in [0.15, 0.2) is 40.3 Å². The van der Waals surface area contributed by atoms with Crippen LogP contribution >= 0.6 is 7.82 Å². The zero-order valence-corrected chi connectivity index (χ0v) is 29.6. The lowest BCUT2D eigenvalue weighted by molar-refractivity contribution is -0.129. The first-order chi connectivity index (χ1) is 23.0. The quantitative estimate of drug-likeness (QED) is 0.151. The predicted octanol–water partition coefficient (Wildman–Crippen LogP) is 6.74. The van der Waals surface area contributed by atoms with E-state index in [1.54, 1.807) is 55.4 Å². The third-order valence-electron chi connectivity index (χ3n) is 6.10. The molecule has 0 saturated heterocycles. The summed E-state index contributed by atoms with van der Waals surface area (Å²) in [4.78, 5) is 25.8. The van der Waals surface area contributed by atoms with Crippen LogP contribution in [-0.2, 0) is 22.9 Å². The molecule has 15 nitrogen and oxygen atoms in total. The van der Waals surface area contributed by atoms with Crippen molar-refractivity contribution in [2.45, 2.75) is 72.2 Å². The molecule has 1 aromatic carbocycles. The zero-order chi connectivity index (χ0) is 37.4. The van der Waals surface area contributed by atoms with Gasteiger partial charge in [0.1, 0.15) is 12.5 Å². The van der Waals surface area contributed by atoms with E-state index in [0.29, 0.717) is 5.75 Å². The molecule has 4 rings (SSSR count). The van der Waals surface area contributed by atoms with E-state index in [2.05, 4.69) is 25.6 Å². The number of anilines is 5. The Kier molecular flexibility index (Phi) is 9.61. The number of phosphoric ester groups is 1. The number of halogens is 1. The average Bonchev–Trinajstić information content (AvgIpc) is 2.96. The number of nitrogens with one attached hydrogen (secondary N) is 2. The van der Waals surface area contributed by atoms with Gasteiger partial charge in [-0.1, -0.05) is 0 Å². The van der Waals surface area contributed by atoms with Gasteiger partial charge in [0, 0.05) is 12.1 Å². The van der Waals surface area contributed by atoms with Crippen LogP contribution in [0.4, 0.5) is 33.5 Å². The van der Waals surface area contributed by atoms with Gasteiger partial charge in [0.05, 0.1) is 47.2 Å². The van der Waals surface area contributed by atoms with Crippen LogP contribution in [0, 0.1) is 5.82 Å². The van der Waals surface area contributed by atoms with E-state index in [1.807, 2.05) is 0 Å². The summed E-state index contributed by atoms with van der Waals surface area (Å²) in [5, 5.41) is 5.37. The first kappa shape index (κ1) is 33.7. The van der Waals surface area contributed by atoms with Gasteiger partial charge in [-0.25, -0.2) is 18.9 Å². The van der Waals surface area contributed by atoms with Gasteiger partial charge in [-0.15, -0.1) is 0 Å². The Bertz CT molecular complexity index is 1760. The van der Waals surface area contributed by atoms with Crippen molar-refractivity contribution in [3.05, 3.63) is 36.3 Å². The van der Waals surface area contributed by atoms with Crippen molar-refractivity contribution in [1.29, 1.82) is 0 Å². The molecule has 1 aliphatic rings. The largest absolute Gasteiger partial charge is 0.493 e. The number of fused-ring (bicyclic) bond motifs is 1. The first-order valence-electron chi connectivity index (χ1n) is 15.6. The Balaban J connectivity index is 1.86. The Morgan fingerprint density at radius 2 is 1.62 bits per heavy atom. The van der Waals surface area contributed by atoms with Crippen LogP contribution < -0.4 is 34.5 Å². The Hall–Kier alpha value is -4.24. The van der Waals surface area contributed by atoms with Gasteiger partial charge < -0.3 is 29.6 Å². The second kappa shape index (κ2) is 13.7. The van der Waals surface area contributed by atoms with Crippen LogP contribution in [0.15, 0.2) is 30.5 Å². The zero-order valence-electron chi connectivity index (χ0n) is 30.7. The number of rotatable bonds is 12. The maximum absolute atomic E-state index is 15.3. The number of ether oxygens (including phenoxy) is 4. The molecule has 48 heavy (non-hydrogen) atoms. The molecule has 17 heteroatoms. The van der Waals surface area contributed by atoms with E-state index in [0.717, 1.165) is 11.1 Å². The number of nitrogens with zero attached hydrogens (tertiary/aromatic N) is 4. The van der Waals surface area contributed by atoms with Crippen LogP contribution in [0.2, 0.25) is 0 Å². The second-order valence-corrected chi connectivity index (χ2v) is 14.3. The molecule has 2 aromatic heterocycles. The SMILES string of the molecule is [2H]C([2H])(OP(=O)(OC(C)(C)C)OC(C)(C)C)N(c1cc(OC)c(OC)c(OC)c1)c1ncc(F)c(Nc2ccc3c(n2)NC(=O)C(C)(C)O3)n1. The van der Waals surface area contributed by atoms with E-state index in [9.17, 15) is 9.36 Å². The number of pyridine rings is 1. The maximum atomic E-state index is 15.3. The summed E-state index contributed by atoms with van der Waals surface area (Å²) in [5.74, 6) is -1.48. The topological polar surface area (TPSA) is 165 Å². The number of carbonyl (C=O) groups excluding carboxylic acids is 1. The van der Waals surface area contributed by atoms with E-state index >= 15 is 4.39 Å². The van der Waals surface area contributed by atoms with Crippen molar-refractivity contribution >= 4 is 42.8 Å². The maximum Gasteiger partial charge on any atom is 0.477 e. The fourth-order valence-electron chi connectivity index (χ4n) is 4.16. The molecule has 0 bridgehead atoms. The van der Waals surface area contributed by atoms with Gasteiger partial charge in [0.25, 0.3) is 5.91 Å². The number of phosphoric acid groups is 1. The van der Waals surface area contributed by atoms with Crippen molar-refractivity contribution in [2.75, 3.05) is 43.5 Å². The van der Waals surface area contributed by atoms with Gasteiger partial charge >= 0.3 is 7.82 Å². The lowest BCUT2D eigenvalue weighted by atomic mass is 10.1. The van der Waals surface area contributed by atoms with E-state index in [1.165, 1.54) is 45.6 Å². The Morgan fingerprint density at radius 3 is 2.17 bits per heavy atom. The molecule has 0 saturated carbocycles. The molecule has 0 unspecified atom stereocenters. The lowest BCUT2D eigenvalue weighted by Gasteiger charge is -2.32. The summed E-state index contributed by atoms with van der Waals surface area (Å²) < 4.78 is 86.8. The van der Waals surface area contributed by atoms with E-state index in [-0.39, 0.29) is 34.6 Å². The standard InChI is InChI=1S/C31H42FN6O9P/c1-29(2,3)46-48(40,47-30(4,5)6)44-17-38(18-14-21(41-9)24(43-11)22(15-18)42-10)28-33-16-19(32)25(37-28)34-23-13-12-20-26(35-23)36-27(39)31(7,8)45-20/h12-16H,17H2,1-11H3,(H2,33,34,35,36,37,39)/i17D2. The Morgan fingerprint density at radius 1 is 1.02 bits per heavy atom. The molecular weight excluding hydrogens is 650 g/mol. The molecule has 1 aliphatic heterocycles. The number of hydrogen-bond acceptors (Lipinski definition) is 14. The molecule has 0 fully saturated rings. The van der Waals surface area contributed by atoms with Crippen LogP contribution in [0.3, 0.4) is 0 Å². The summed E-state index contributed by atoms with van der Waals surface area (Å²) in [6.45, 7) is 9.62. The second-order valence-electron chi connectivity index (χ2n) is 12.9. The first-order valence-corrected chi connectivity index (χ1v) is 16.1. The van der Waals surface area contributed by atoms with Crippen LogP contribution in [0.1, 0.15) is 58.1 Å². The fraction of sp³-hybridized carbons (Fsp3) is 0.484. The summed E-state index contributed by atoms with van der Waals surface area (Å²) in [5.41, 5.74) is -3.41. The lowest BCUT2D eigenvalue weighted by Crippen LogP contribution is -2.46. The van der Waals surface area contributed by atoms with Crippen molar-refractivity contribution in [3.63, 3.8) is 0 Å². The molecule has 0 spiro atoms. The van der Waals surface area contributed by atoms with E-state index < -0.39 is 54.8 Å². The molecule has 0 atom stereocenters. The molecule has 262 valence electrons. The van der Waals surface area contributed by atoms with E-state index in [4.69, 9.17) is 35.3 Å². The van der Waals surface area contributed by atoms with Crippen molar-refractivity contribution in [2.24, 2.45) is 0 Å². The smallest absolute Gasteiger partial charge is 0.477 e. The van der Waals surface area contributed by atoms with Crippen LogP contribution in [0.25, 0.3) is 0 Å². The van der Waals surface area contributed by atoms with Gasteiger partial charge in [-0.2, -0.15) is 4.98 Å². The number of aromatic nitrogens is 3. The minimum atomic E-state index is -4.74. The number of benzene rings is 1.